The highest BCUT2D eigenvalue weighted by Gasteiger charge is 2.33. The van der Waals surface area contributed by atoms with Crippen LogP contribution in [0.25, 0.3) is 0 Å². The van der Waals surface area contributed by atoms with Gasteiger partial charge in [0.25, 0.3) is 0 Å². The second kappa shape index (κ2) is 3.97. The van der Waals surface area contributed by atoms with Crippen LogP contribution in [0.2, 0.25) is 0 Å². The Hall–Kier alpha value is -0.820. The minimum Gasteiger partial charge on any atom is -0.321 e. The predicted molar refractivity (Wildman–Crippen MR) is 64.7 cm³/mol. The first-order valence-corrected chi connectivity index (χ1v) is 5.98. The average Bonchev–Trinajstić information content (AvgIpc) is 2.14. The molecule has 0 bridgehead atoms. The number of benzene rings is 1. The van der Waals surface area contributed by atoms with Crippen LogP contribution >= 0.6 is 0 Å². The molecule has 0 aromatic heterocycles. The van der Waals surface area contributed by atoms with E-state index < -0.39 is 0 Å². The fourth-order valence-electron chi connectivity index (χ4n) is 2.29. The van der Waals surface area contributed by atoms with Crippen molar-refractivity contribution >= 4 is 0 Å². The van der Waals surface area contributed by atoms with Crippen LogP contribution in [0.5, 0.6) is 0 Å². The predicted octanol–water partition coefficient (Wildman–Crippen LogP) is 3.22. The number of rotatable bonds is 3. The van der Waals surface area contributed by atoms with Crippen LogP contribution in [-0.4, -0.2) is 0 Å². The van der Waals surface area contributed by atoms with Crippen molar-refractivity contribution in [2.75, 3.05) is 0 Å². The molecule has 1 fully saturated rings. The monoisotopic (exact) mass is 203 g/mol. The van der Waals surface area contributed by atoms with Crippen LogP contribution in [0.15, 0.2) is 24.3 Å². The standard InChI is InChI=1S/C14H21N/c1-11(2)10-12-4-6-13(7-5-12)14(15)8-3-9-14/h4-7,11H,3,8-10,15H2,1-2H3. The minimum absolute atomic E-state index is 0.00361. The van der Waals surface area contributed by atoms with Crippen LogP contribution in [0.1, 0.15) is 44.2 Å². The molecule has 0 atom stereocenters. The summed E-state index contributed by atoms with van der Waals surface area (Å²) in [6, 6.07) is 8.91. The average molecular weight is 203 g/mol. The molecule has 82 valence electrons. The second-order valence-electron chi connectivity index (χ2n) is 5.30. The molecule has 0 spiro atoms. The third-order valence-electron chi connectivity index (χ3n) is 3.42. The molecule has 0 saturated heterocycles. The molecule has 1 aromatic rings. The molecule has 2 rings (SSSR count). The summed E-state index contributed by atoms with van der Waals surface area (Å²) in [6.07, 6.45) is 4.75. The summed E-state index contributed by atoms with van der Waals surface area (Å²) in [5, 5.41) is 0. The molecular weight excluding hydrogens is 182 g/mol. The zero-order valence-electron chi connectivity index (χ0n) is 9.79. The lowest BCUT2D eigenvalue weighted by atomic mass is 9.72. The van der Waals surface area contributed by atoms with Crippen LogP contribution in [0.4, 0.5) is 0 Å². The minimum atomic E-state index is -0.00361. The van der Waals surface area contributed by atoms with Gasteiger partial charge in [-0.25, -0.2) is 0 Å². The van der Waals surface area contributed by atoms with E-state index in [-0.39, 0.29) is 5.54 Å². The van der Waals surface area contributed by atoms with Crippen molar-refractivity contribution in [1.82, 2.24) is 0 Å². The fraction of sp³-hybridized carbons (Fsp3) is 0.571. The van der Waals surface area contributed by atoms with Crippen LogP contribution < -0.4 is 5.73 Å². The maximum absolute atomic E-state index is 6.28. The molecule has 0 unspecified atom stereocenters. The van der Waals surface area contributed by atoms with E-state index in [1.54, 1.807) is 0 Å². The van der Waals surface area contributed by atoms with Gasteiger partial charge < -0.3 is 5.73 Å². The van der Waals surface area contributed by atoms with E-state index >= 15 is 0 Å². The summed E-state index contributed by atoms with van der Waals surface area (Å²) in [4.78, 5) is 0. The Morgan fingerprint density at radius 2 is 1.80 bits per heavy atom. The van der Waals surface area contributed by atoms with Gasteiger partial charge in [-0.1, -0.05) is 38.1 Å². The topological polar surface area (TPSA) is 26.0 Å². The molecule has 0 amide bonds. The summed E-state index contributed by atoms with van der Waals surface area (Å²) < 4.78 is 0. The summed E-state index contributed by atoms with van der Waals surface area (Å²) in [6.45, 7) is 4.51. The van der Waals surface area contributed by atoms with Gasteiger partial charge in [-0.15, -0.1) is 0 Å². The third kappa shape index (κ3) is 2.23. The quantitative estimate of drug-likeness (QED) is 0.802. The molecule has 0 heterocycles. The highest BCUT2D eigenvalue weighted by molar-refractivity contribution is 5.30. The normalized spacial score (nSPS) is 18.9. The van der Waals surface area contributed by atoms with E-state index in [4.69, 9.17) is 5.73 Å². The molecule has 15 heavy (non-hydrogen) atoms. The van der Waals surface area contributed by atoms with Gasteiger partial charge >= 0.3 is 0 Å². The van der Waals surface area contributed by atoms with E-state index in [2.05, 4.69) is 38.1 Å². The summed E-state index contributed by atoms with van der Waals surface area (Å²) in [7, 11) is 0. The molecule has 1 nitrogen and oxygen atoms in total. The van der Waals surface area contributed by atoms with E-state index in [9.17, 15) is 0 Å². The first kappa shape index (κ1) is 10.7. The van der Waals surface area contributed by atoms with Crippen molar-refractivity contribution in [3.05, 3.63) is 35.4 Å². The molecule has 0 radical (unpaired) electrons. The Morgan fingerprint density at radius 1 is 1.20 bits per heavy atom. The van der Waals surface area contributed by atoms with Crippen molar-refractivity contribution in [2.24, 2.45) is 11.7 Å². The molecular formula is C14H21N. The molecule has 1 aliphatic carbocycles. The van der Waals surface area contributed by atoms with Gasteiger partial charge in [0.15, 0.2) is 0 Å². The zero-order valence-corrected chi connectivity index (χ0v) is 9.79. The van der Waals surface area contributed by atoms with Crippen molar-refractivity contribution < 1.29 is 0 Å². The summed E-state index contributed by atoms with van der Waals surface area (Å²) >= 11 is 0. The first-order valence-electron chi connectivity index (χ1n) is 5.98. The highest BCUT2D eigenvalue weighted by atomic mass is 14.8. The Morgan fingerprint density at radius 3 is 2.20 bits per heavy atom. The first-order chi connectivity index (χ1) is 7.10. The lowest BCUT2D eigenvalue weighted by molar-refractivity contribution is 0.253. The largest absolute Gasteiger partial charge is 0.321 e. The van der Waals surface area contributed by atoms with Gasteiger partial charge in [-0.2, -0.15) is 0 Å². The lowest BCUT2D eigenvalue weighted by Gasteiger charge is -2.38. The van der Waals surface area contributed by atoms with Crippen molar-refractivity contribution in [3.63, 3.8) is 0 Å². The van der Waals surface area contributed by atoms with Crippen molar-refractivity contribution in [2.45, 2.75) is 45.1 Å². The third-order valence-corrected chi connectivity index (χ3v) is 3.42. The smallest absolute Gasteiger partial charge is 0.0409 e. The molecule has 1 aromatic carbocycles. The van der Waals surface area contributed by atoms with Gasteiger partial charge in [0.1, 0.15) is 0 Å². The van der Waals surface area contributed by atoms with E-state index in [1.165, 1.54) is 17.5 Å². The Kier molecular flexibility index (Phi) is 2.83. The molecule has 0 aliphatic heterocycles. The van der Waals surface area contributed by atoms with Crippen molar-refractivity contribution in [3.8, 4) is 0 Å². The fourth-order valence-corrected chi connectivity index (χ4v) is 2.29. The van der Waals surface area contributed by atoms with Crippen molar-refractivity contribution in [1.29, 1.82) is 0 Å². The molecule has 1 heteroatoms. The van der Waals surface area contributed by atoms with Gasteiger partial charge in [0.2, 0.25) is 0 Å². The highest BCUT2D eigenvalue weighted by Crippen LogP contribution is 2.38. The molecule has 2 N–H and O–H groups in total. The number of hydrogen-bond acceptors (Lipinski definition) is 1. The Labute approximate surface area is 92.7 Å². The van der Waals surface area contributed by atoms with E-state index in [0.29, 0.717) is 0 Å². The maximum atomic E-state index is 6.28. The SMILES string of the molecule is CC(C)Cc1ccc(C2(N)CCC2)cc1. The van der Waals surface area contributed by atoms with Gasteiger partial charge in [-0.05, 0) is 42.7 Å². The van der Waals surface area contributed by atoms with E-state index in [0.717, 1.165) is 25.2 Å². The molecule has 1 aliphatic rings. The zero-order chi connectivity index (χ0) is 10.9. The Bertz CT molecular complexity index is 320. The van der Waals surface area contributed by atoms with Crippen LogP contribution in [-0.2, 0) is 12.0 Å². The lowest BCUT2D eigenvalue weighted by Crippen LogP contribution is -2.43. The number of nitrogens with two attached hydrogens (primary N) is 1. The van der Waals surface area contributed by atoms with Gasteiger partial charge in [0.05, 0.1) is 0 Å². The molecule has 1 saturated carbocycles. The second-order valence-corrected chi connectivity index (χ2v) is 5.30. The van der Waals surface area contributed by atoms with E-state index in [1.807, 2.05) is 0 Å². The van der Waals surface area contributed by atoms with Crippen LogP contribution in [0.3, 0.4) is 0 Å². The number of hydrogen-bond donors (Lipinski definition) is 1. The summed E-state index contributed by atoms with van der Waals surface area (Å²) in [5.41, 5.74) is 9.02. The van der Waals surface area contributed by atoms with Gasteiger partial charge in [-0.3, -0.25) is 0 Å². The van der Waals surface area contributed by atoms with Crippen LogP contribution in [0, 0.1) is 5.92 Å². The van der Waals surface area contributed by atoms with Gasteiger partial charge in [0, 0.05) is 5.54 Å². The summed E-state index contributed by atoms with van der Waals surface area (Å²) in [5.74, 6) is 0.728. The maximum Gasteiger partial charge on any atom is 0.0409 e. The Balaban J connectivity index is 2.10.